The zero-order chi connectivity index (χ0) is 14.1. The van der Waals surface area contributed by atoms with Crippen molar-refractivity contribution in [2.45, 2.75) is 0 Å². The zero-order valence-corrected chi connectivity index (χ0v) is 13.3. The molecular weight excluding hydrogens is 385 g/mol. The van der Waals surface area contributed by atoms with E-state index < -0.39 is 0 Å². The molecule has 3 aromatic rings. The summed E-state index contributed by atoms with van der Waals surface area (Å²) < 4.78 is 1.10. The molecule has 3 N–H and O–H groups in total. The van der Waals surface area contributed by atoms with Gasteiger partial charge in [0.25, 0.3) is 0 Å². The van der Waals surface area contributed by atoms with E-state index in [0.717, 1.165) is 25.7 Å². The Morgan fingerprint density at radius 1 is 1.05 bits per heavy atom. The maximum absolute atomic E-state index is 6.26. The van der Waals surface area contributed by atoms with Gasteiger partial charge in [0.1, 0.15) is 0 Å². The largest absolute Gasteiger partial charge is 0.398 e. The predicted molar refractivity (Wildman–Crippen MR) is 93.6 cm³/mol. The minimum atomic E-state index is 0.691. The van der Waals surface area contributed by atoms with Crippen LogP contribution < -0.4 is 11.1 Å². The molecule has 0 radical (unpaired) electrons. The Morgan fingerprint density at radius 3 is 2.65 bits per heavy atom. The summed E-state index contributed by atoms with van der Waals surface area (Å²) in [7, 11) is 0. The summed E-state index contributed by atoms with van der Waals surface area (Å²) in [6.07, 6.45) is 3.52. The smallest absolute Gasteiger partial charge is 0.0651 e. The van der Waals surface area contributed by atoms with Gasteiger partial charge < -0.3 is 11.1 Å². The summed E-state index contributed by atoms with van der Waals surface area (Å²) in [6, 6.07) is 11.7. The maximum Gasteiger partial charge on any atom is 0.0651 e. The Bertz CT molecular complexity index is 789. The van der Waals surface area contributed by atoms with Crippen LogP contribution in [-0.4, -0.2) is 4.98 Å². The number of fused-ring (bicyclic) bond motifs is 1. The molecule has 2 aromatic carbocycles. The van der Waals surface area contributed by atoms with Gasteiger partial charge in [0.15, 0.2) is 0 Å². The third kappa shape index (κ3) is 2.53. The summed E-state index contributed by atoms with van der Waals surface area (Å²) in [5.74, 6) is 0. The normalized spacial score (nSPS) is 10.7. The van der Waals surface area contributed by atoms with Crippen LogP contribution >= 0.6 is 34.2 Å². The van der Waals surface area contributed by atoms with Crippen molar-refractivity contribution in [1.82, 2.24) is 4.98 Å². The van der Waals surface area contributed by atoms with Gasteiger partial charge in [-0.15, -0.1) is 0 Å². The zero-order valence-electron chi connectivity index (χ0n) is 10.4. The molecule has 5 heteroatoms. The number of aromatic nitrogens is 1. The van der Waals surface area contributed by atoms with Crippen LogP contribution in [0.15, 0.2) is 48.8 Å². The molecule has 0 spiro atoms. The van der Waals surface area contributed by atoms with Crippen molar-refractivity contribution in [1.29, 1.82) is 0 Å². The highest BCUT2D eigenvalue weighted by Gasteiger charge is 2.06. The van der Waals surface area contributed by atoms with E-state index in [9.17, 15) is 0 Å². The second-order valence-corrected chi connectivity index (χ2v) is 6.03. The molecule has 1 aromatic heterocycles. The van der Waals surface area contributed by atoms with E-state index in [2.05, 4.69) is 32.9 Å². The second-order valence-electron chi connectivity index (χ2n) is 4.37. The van der Waals surface area contributed by atoms with Gasteiger partial charge in [-0.25, -0.2) is 0 Å². The van der Waals surface area contributed by atoms with Crippen LogP contribution in [0.25, 0.3) is 10.8 Å². The first-order valence-electron chi connectivity index (χ1n) is 5.99. The number of nitrogens with one attached hydrogen (secondary N) is 1. The van der Waals surface area contributed by atoms with Crippen molar-refractivity contribution >= 4 is 62.0 Å². The van der Waals surface area contributed by atoms with E-state index in [1.165, 1.54) is 0 Å². The Hall–Kier alpha value is -1.53. The van der Waals surface area contributed by atoms with Crippen LogP contribution in [0, 0.1) is 3.57 Å². The number of nitrogens with two attached hydrogens (primary N) is 1. The highest BCUT2D eigenvalue weighted by molar-refractivity contribution is 14.1. The molecule has 3 nitrogen and oxygen atoms in total. The van der Waals surface area contributed by atoms with E-state index in [1.54, 1.807) is 12.4 Å². The summed E-state index contributed by atoms with van der Waals surface area (Å²) in [4.78, 5) is 4.12. The third-order valence-electron chi connectivity index (χ3n) is 3.05. The minimum Gasteiger partial charge on any atom is -0.398 e. The predicted octanol–water partition coefficient (Wildman–Crippen LogP) is 4.82. The third-order valence-corrected chi connectivity index (χ3v) is 4.04. The van der Waals surface area contributed by atoms with Crippen molar-refractivity contribution in [2.75, 3.05) is 11.1 Å². The first kappa shape index (κ1) is 13.5. The molecule has 0 amide bonds. The van der Waals surface area contributed by atoms with Gasteiger partial charge >= 0.3 is 0 Å². The number of anilines is 3. The lowest BCUT2D eigenvalue weighted by atomic mass is 10.1. The number of benzene rings is 2. The standard InChI is InChI=1S/C15H11ClIN3/c16-12-7-9(17)1-3-15(12)20-14-4-2-13(18)11-8-19-6-5-10(11)14/h1-8,20H,18H2. The van der Waals surface area contributed by atoms with E-state index in [1.807, 2.05) is 36.4 Å². The average Bonchev–Trinajstić information content (AvgIpc) is 2.45. The number of nitrogen functional groups attached to an aromatic ring is 1. The lowest BCUT2D eigenvalue weighted by molar-refractivity contribution is 1.36. The Morgan fingerprint density at radius 2 is 1.85 bits per heavy atom. The van der Waals surface area contributed by atoms with Gasteiger partial charge in [0, 0.05) is 38.1 Å². The Balaban J connectivity index is 2.09. The number of nitrogens with zero attached hydrogens (tertiary/aromatic N) is 1. The monoisotopic (exact) mass is 395 g/mol. The molecule has 0 bridgehead atoms. The van der Waals surface area contributed by atoms with Crippen molar-refractivity contribution in [3.63, 3.8) is 0 Å². The van der Waals surface area contributed by atoms with E-state index in [4.69, 9.17) is 17.3 Å². The van der Waals surface area contributed by atoms with Crippen molar-refractivity contribution in [3.8, 4) is 0 Å². The van der Waals surface area contributed by atoms with Crippen LogP contribution in [0.4, 0.5) is 17.1 Å². The van der Waals surface area contributed by atoms with Gasteiger partial charge in [-0.1, -0.05) is 11.6 Å². The lowest BCUT2D eigenvalue weighted by Gasteiger charge is -2.12. The van der Waals surface area contributed by atoms with Gasteiger partial charge in [0.2, 0.25) is 0 Å². The number of hydrogen-bond donors (Lipinski definition) is 2. The van der Waals surface area contributed by atoms with E-state index in [0.29, 0.717) is 10.7 Å². The summed E-state index contributed by atoms with van der Waals surface area (Å²) in [5.41, 5.74) is 8.52. The van der Waals surface area contributed by atoms with Gasteiger partial charge in [0.05, 0.1) is 10.7 Å². The minimum absolute atomic E-state index is 0.691. The first-order chi connectivity index (χ1) is 9.65. The van der Waals surface area contributed by atoms with Crippen LogP contribution in [0.2, 0.25) is 5.02 Å². The van der Waals surface area contributed by atoms with Crippen LogP contribution in [-0.2, 0) is 0 Å². The molecule has 3 rings (SSSR count). The maximum atomic E-state index is 6.26. The average molecular weight is 396 g/mol. The lowest BCUT2D eigenvalue weighted by Crippen LogP contribution is -1.95. The molecule has 0 aliphatic heterocycles. The fourth-order valence-corrected chi connectivity index (χ4v) is 2.96. The molecule has 20 heavy (non-hydrogen) atoms. The van der Waals surface area contributed by atoms with Crippen molar-refractivity contribution in [3.05, 3.63) is 57.4 Å². The molecular formula is C15H11ClIN3. The number of rotatable bonds is 2. The summed E-state index contributed by atoms with van der Waals surface area (Å²) in [5, 5.41) is 5.99. The molecule has 0 unspecified atom stereocenters. The first-order valence-corrected chi connectivity index (χ1v) is 7.45. The second kappa shape index (κ2) is 5.46. The van der Waals surface area contributed by atoms with Crippen molar-refractivity contribution in [2.24, 2.45) is 0 Å². The van der Waals surface area contributed by atoms with Crippen LogP contribution in [0.1, 0.15) is 0 Å². The van der Waals surface area contributed by atoms with E-state index in [-0.39, 0.29) is 0 Å². The molecule has 0 aliphatic carbocycles. The van der Waals surface area contributed by atoms with Gasteiger partial charge in [-0.05, 0) is 59.0 Å². The quantitative estimate of drug-likeness (QED) is 0.483. The Kier molecular flexibility index (Phi) is 3.67. The van der Waals surface area contributed by atoms with Crippen molar-refractivity contribution < 1.29 is 0 Å². The van der Waals surface area contributed by atoms with Crippen LogP contribution in [0.3, 0.4) is 0 Å². The molecule has 0 fully saturated rings. The van der Waals surface area contributed by atoms with Gasteiger partial charge in [-0.2, -0.15) is 0 Å². The number of hydrogen-bond acceptors (Lipinski definition) is 3. The summed E-state index contributed by atoms with van der Waals surface area (Å²) >= 11 is 8.49. The molecule has 0 saturated heterocycles. The molecule has 0 atom stereocenters. The highest BCUT2D eigenvalue weighted by Crippen LogP contribution is 2.32. The topological polar surface area (TPSA) is 50.9 Å². The number of pyridine rings is 1. The number of halogens is 2. The molecule has 0 aliphatic rings. The fourth-order valence-electron chi connectivity index (χ4n) is 2.06. The Labute approximate surface area is 135 Å². The molecule has 100 valence electrons. The van der Waals surface area contributed by atoms with E-state index >= 15 is 0 Å². The summed E-state index contributed by atoms with van der Waals surface area (Å²) in [6.45, 7) is 0. The highest BCUT2D eigenvalue weighted by atomic mass is 127. The SMILES string of the molecule is Nc1ccc(Nc2ccc(I)cc2Cl)c2ccncc12. The fraction of sp³-hybridized carbons (Fsp3) is 0. The van der Waals surface area contributed by atoms with Crippen LogP contribution in [0.5, 0.6) is 0 Å². The van der Waals surface area contributed by atoms with Gasteiger partial charge in [-0.3, -0.25) is 4.98 Å². The molecule has 0 saturated carbocycles. The molecule has 1 heterocycles.